The molecule has 2 aromatic heterocycles. The number of nitrogens with one attached hydrogen (secondary N) is 1. The van der Waals surface area contributed by atoms with E-state index in [1.54, 1.807) is 6.26 Å². The second kappa shape index (κ2) is 5.21. The van der Waals surface area contributed by atoms with Gasteiger partial charge in [-0.25, -0.2) is 5.10 Å². The van der Waals surface area contributed by atoms with Gasteiger partial charge in [0.15, 0.2) is 4.77 Å². The third-order valence-corrected chi connectivity index (χ3v) is 4.01. The van der Waals surface area contributed by atoms with Crippen molar-refractivity contribution in [1.29, 1.82) is 0 Å². The van der Waals surface area contributed by atoms with Gasteiger partial charge in [-0.2, -0.15) is 0 Å². The van der Waals surface area contributed by atoms with E-state index in [4.69, 9.17) is 16.6 Å². The van der Waals surface area contributed by atoms with Crippen LogP contribution in [0.2, 0.25) is 0 Å². The molecule has 5 nitrogen and oxygen atoms in total. The molecular formula is C13H18N4OS. The van der Waals surface area contributed by atoms with E-state index < -0.39 is 0 Å². The molecule has 1 saturated heterocycles. The zero-order valence-corrected chi connectivity index (χ0v) is 11.8. The Morgan fingerprint density at radius 1 is 1.47 bits per heavy atom. The van der Waals surface area contributed by atoms with Crippen molar-refractivity contribution in [3.8, 4) is 0 Å². The molecule has 0 saturated carbocycles. The zero-order chi connectivity index (χ0) is 13.2. The maximum atomic E-state index is 5.39. The van der Waals surface area contributed by atoms with Gasteiger partial charge in [-0.1, -0.05) is 6.92 Å². The van der Waals surface area contributed by atoms with E-state index in [1.165, 1.54) is 12.8 Å². The molecule has 0 spiro atoms. The Balaban J connectivity index is 1.84. The highest BCUT2D eigenvalue weighted by Gasteiger charge is 2.20. The van der Waals surface area contributed by atoms with E-state index in [2.05, 4.69) is 22.0 Å². The van der Waals surface area contributed by atoms with E-state index in [-0.39, 0.29) is 0 Å². The van der Waals surface area contributed by atoms with Gasteiger partial charge in [0.25, 0.3) is 0 Å². The number of furan rings is 1. The molecule has 0 bridgehead atoms. The zero-order valence-electron chi connectivity index (χ0n) is 11.0. The van der Waals surface area contributed by atoms with E-state index in [0.29, 0.717) is 11.3 Å². The fourth-order valence-electron chi connectivity index (χ4n) is 2.46. The average Bonchev–Trinajstić information content (AvgIpc) is 3.03. The number of aromatic amines is 1. The number of anilines is 1. The SMILES string of the molecule is CC1CCN(c2n[nH]c(=S)n2Cc2ccco2)CC1. The highest BCUT2D eigenvalue weighted by molar-refractivity contribution is 7.71. The predicted molar refractivity (Wildman–Crippen MR) is 75.8 cm³/mol. The molecule has 0 unspecified atom stereocenters. The van der Waals surface area contributed by atoms with Crippen molar-refractivity contribution in [1.82, 2.24) is 14.8 Å². The lowest BCUT2D eigenvalue weighted by atomic mass is 10.00. The van der Waals surface area contributed by atoms with Gasteiger partial charge in [-0.05, 0) is 43.1 Å². The second-order valence-electron chi connectivity index (χ2n) is 5.16. The normalized spacial score (nSPS) is 17.0. The molecule has 0 amide bonds. The minimum atomic E-state index is 0.629. The van der Waals surface area contributed by atoms with E-state index >= 15 is 0 Å². The van der Waals surface area contributed by atoms with E-state index in [1.807, 2.05) is 16.7 Å². The van der Waals surface area contributed by atoms with Crippen LogP contribution in [0.3, 0.4) is 0 Å². The van der Waals surface area contributed by atoms with Gasteiger partial charge in [-0.15, -0.1) is 5.10 Å². The first-order chi connectivity index (χ1) is 9.24. The summed E-state index contributed by atoms with van der Waals surface area (Å²) in [6.07, 6.45) is 4.10. The van der Waals surface area contributed by atoms with Gasteiger partial charge in [0, 0.05) is 13.1 Å². The topological polar surface area (TPSA) is 50.0 Å². The molecule has 19 heavy (non-hydrogen) atoms. The Hall–Kier alpha value is -1.56. The van der Waals surface area contributed by atoms with Crippen LogP contribution in [0.25, 0.3) is 0 Å². The number of aromatic nitrogens is 3. The highest BCUT2D eigenvalue weighted by Crippen LogP contribution is 2.22. The first kappa shape index (κ1) is 12.5. The smallest absolute Gasteiger partial charge is 0.226 e. The molecule has 102 valence electrons. The molecule has 1 aliphatic rings. The number of H-pyrrole nitrogens is 1. The molecule has 1 aliphatic heterocycles. The minimum Gasteiger partial charge on any atom is -0.467 e. The van der Waals surface area contributed by atoms with Gasteiger partial charge in [-0.3, -0.25) is 4.57 Å². The predicted octanol–water partition coefficient (Wildman–Crippen LogP) is 2.82. The summed E-state index contributed by atoms with van der Waals surface area (Å²) >= 11 is 5.32. The molecule has 0 radical (unpaired) electrons. The lowest BCUT2D eigenvalue weighted by molar-refractivity contribution is 0.428. The number of nitrogens with zero attached hydrogens (tertiary/aromatic N) is 3. The standard InChI is InChI=1S/C13H18N4OS/c1-10-4-6-16(7-5-10)12-14-15-13(19)17(12)9-11-3-2-8-18-11/h2-3,8,10H,4-7,9H2,1H3,(H,15,19). The summed E-state index contributed by atoms with van der Waals surface area (Å²) in [7, 11) is 0. The lowest BCUT2D eigenvalue weighted by Gasteiger charge is -2.30. The maximum Gasteiger partial charge on any atom is 0.226 e. The van der Waals surface area contributed by atoms with Gasteiger partial charge >= 0.3 is 0 Å². The first-order valence-electron chi connectivity index (χ1n) is 6.66. The molecule has 0 aromatic carbocycles. The second-order valence-corrected chi connectivity index (χ2v) is 5.55. The van der Waals surface area contributed by atoms with Crippen LogP contribution in [0.5, 0.6) is 0 Å². The molecule has 2 aromatic rings. The third-order valence-electron chi connectivity index (χ3n) is 3.70. The van der Waals surface area contributed by atoms with Crippen LogP contribution >= 0.6 is 12.2 Å². The average molecular weight is 278 g/mol. The van der Waals surface area contributed by atoms with Crippen LogP contribution in [0.1, 0.15) is 25.5 Å². The van der Waals surface area contributed by atoms with Crippen LogP contribution in [0.4, 0.5) is 5.95 Å². The molecule has 0 aliphatic carbocycles. The molecule has 0 atom stereocenters. The van der Waals surface area contributed by atoms with Gasteiger partial charge in [0.05, 0.1) is 12.8 Å². The van der Waals surface area contributed by atoms with E-state index in [0.717, 1.165) is 30.7 Å². The van der Waals surface area contributed by atoms with E-state index in [9.17, 15) is 0 Å². The number of piperidine rings is 1. The van der Waals surface area contributed by atoms with Crippen LogP contribution in [0, 0.1) is 10.7 Å². The minimum absolute atomic E-state index is 0.629. The number of hydrogen-bond acceptors (Lipinski definition) is 4. The van der Waals surface area contributed by atoms with Crippen molar-refractivity contribution in [3.63, 3.8) is 0 Å². The highest BCUT2D eigenvalue weighted by atomic mass is 32.1. The van der Waals surface area contributed by atoms with Crippen LogP contribution < -0.4 is 4.90 Å². The number of hydrogen-bond donors (Lipinski definition) is 1. The van der Waals surface area contributed by atoms with Gasteiger partial charge < -0.3 is 9.32 Å². The third kappa shape index (κ3) is 2.58. The fraction of sp³-hybridized carbons (Fsp3) is 0.538. The van der Waals surface area contributed by atoms with Crippen molar-refractivity contribution in [2.24, 2.45) is 5.92 Å². The summed E-state index contributed by atoms with van der Waals surface area (Å²) in [6.45, 7) is 5.01. The van der Waals surface area contributed by atoms with Crippen molar-refractivity contribution in [2.45, 2.75) is 26.3 Å². The van der Waals surface area contributed by atoms with Crippen molar-refractivity contribution in [2.75, 3.05) is 18.0 Å². The molecule has 3 rings (SSSR count). The summed E-state index contributed by atoms with van der Waals surface area (Å²) < 4.78 is 8.04. The maximum absolute atomic E-state index is 5.39. The Morgan fingerprint density at radius 3 is 2.95 bits per heavy atom. The fourth-order valence-corrected chi connectivity index (χ4v) is 2.65. The lowest BCUT2D eigenvalue weighted by Crippen LogP contribution is -2.34. The molecule has 1 fully saturated rings. The summed E-state index contributed by atoms with van der Waals surface area (Å²) in [5.74, 6) is 2.62. The Kier molecular flexibility index (Phi) is 3.42. The van der Waals surface area contributed by atoms with Crippen molar-refractivity contribution in [3.05, 3.63) is 28.9 Å². The first-order valence-corrected chi connectivity index (χ1v) is 7.07. The van der Waals surface area contributed by atoms with Crippen LogP contribution in [-0.4, -0.2) is 27.9 Å². The Labute approximate surface area is 117 Å². The summed E-state index contributed by atoms with van der Waals surface area (Å²) in [5.41, 5.74) is 0. The monoisotopic (exact) mass is 278 g/mol. The largest absolute Gasteiger partial charge is 0.467 e. The molecular weight excluding hydrogens is 260 g/mol. The van der Waals surface area contributed by atoms with Crippen molar-refractivity contribution >= 4 is 18.2 Å². The summed E-state index contributed by atoms with van der Waals surface area (Å²) in [6, 6.07) is 3.85. The van der Waals surface area contributed by atoms with Gasteiger partial charge in [0.1, 0.15) is 5.76 Å². The summed E-state index contributed by atoms with van der Waals surface area (Å²) in [4.78, 5) is 2.30. The van der Waals surface area contributed by atoms with Crippen LogP contribution in [0.15, 0.2) is 22.8 Å². The quantitative estimate of drug-likeness (QED) is 0.877. The summed E-state index contributed by atoms with van der Waals surface area (Å²) in [5, 5.41) is 7.27. The Bertz CT molecular complexity index is 578. The molecule has 3 heterocycles. The number of rotatable bonds is 3. The van der Waals surface area contributed by atoms with Crippen LogP contribution in [-0.2, 0) is 6.54 Å². The Morgan fingerprint density at radius 2 is 2.26 bits per heavy atom. The van der Waals surface area contributed by atoms with Gasteiger partial charge in [0.2, 0.25) is 5.95 Å². The molecule has 1 N–H and O–H groups in total. The molecule has 6 heteroatoms. The van der Waals surface area contributed by atoms with Crippen molar-refractivity contribution < 1.29 is 4.42 Å².